The van der Waals surface area contributed by atoms with Crippen molar-refractivity contribution in [2.75, 3.05) is 0 Å². The van der Waals surface area contributed by atoms with Crippen molar-refractivity contribution in [3.63, 3.8) is 0 Å². The quantitative estimate of drug-likeness (QED) is 0.794. The molecule has 0 radical (unpaired) electrons. The first-order valence-corrected chi connectivity index (χ1v) is 7.13. The maximum absolute atomic E-state index is 10.0. The highest BCUT2D eigenvalue weighted by molar-refractivity contribution is 7.10. The second-order valence-electron chi connectivity index (χ2n) is 4.72. The standard InChI is InChI=1S/C13H21NOS/c1-10(13-8-5-9-16-13)14-11-6-3-2-4-7-12(11)15/h5,8-12,14-15H,2-4,6-7H2,1H3/t10-,11?,12?/m0/s1. The Morgan fingerprint density at radius 1 is 1.38 bits per heavy atom. The van der Waals surface area contributed by atoms with Crippen molar-refractivity contribution >= 4 is 11.3 Å². The maximum Gasteiger partial charge on any atom is 0.0693 e. The molecule has 0 bridgehead atoms. The summed E-state index contributed by atoms with van der Waals surface area (Å²) < 4.78 is 0. The summed E-state index contributed by atoms with van der Waals surface area (Å²) in [5.41, 5.74) is 0. The summed E-state index contributed by atoms with van der Waals surface area (Å²) >= 11 is 1.78. The summed E-state index contributed by atoms with van der Waals surface area (Å²) in [6.45, 7) is 2.18. The Hall–Kier alpha value is -0.380. The van der Waals surface area contributed by atoms with Gasteiger partial charge < -0.3 is 10.4 Å². The highest BCUT2D eigenvalue weighted by atomic mass is 32.1. The molecule has 3 heteroatoms. The monoisotopic (exact) mass is 239 g/mol. The lowest BCUT2D eigenvalue weighted by molar-refractivity contribution is 0.115. The fourth-order valence-electron chi connectivity index (χ4n) is 2.42. The third-order valence-corrected chi connectivity index (χ3v) is 4.47. The fourth-order valence-corrected chi connectivity index (χ4v) is 3.17. The molecule has 2 N–H and O–H groups in total. The van der Waals surface area contributed by atoms with E-state index in [4.69, 9.17) is 0 Å². The van der Waals surface area contributed by atoms with Gasteiger partial charge in [0.15, 0.2) is 0 Å². The Balaban J connectivity index is 1.92. The van der Waals surface area contributed by atoms with Gasteiger partial charge in [-0.25, -0.2) is 0 Å². The van der Waals surface area contributed by atoms with Gasteiger partial charge in [0.2, 0.25) is 0 Å². The number of hydrogen-bond donors (Lipinski definition) is 2. The smallest absolute Gasteiger partial charge is 0.0693 e. The lowest BCUT2D eigenvalue weighted by Crippen LogP contribution is -2.40. The second kappa shape index (κ2) is 5.80. The van der Waals surface area contributed by atoms with E-state index < -0.39 is 0 Å². The summed E-state index contributed by atoms with van der Waals surface area (Å²) in [6.07, 6.45) is 5.58. The van der Waals surface area contributed by atoms with Crippen LogP contribution in [0.1, 0.15) is 49.9 Å². The molecular weight excluding hydrogens is 218 g/mol. The molecule has 90 valence electrons. The molecule has 1 aromatic rings. The zero-order valence-electron chi connectivity index (χ0n) is 9.86. The molecule has 3 atom stereocenters. The molecule has 1 heterocycles. The summed E-state index contributed by atoms with van der Waals surface area (Å²) in [6, 6.07) is 4.88. The molecule has 0 aliphatic heterocycles. The van der Waals surface area contributed by atoms with Crippen molar-refractivity contribution in [1.29, 1.82) is 0 Å². The molecule has 1 aromatic heterocycles. The Kier molecular flexibility index (Phi) is 4.38. The highest BCUT2D eigenvalue weighted by Crippen LogP contribution is 2.23. The van der Waals surface area contributed by atoms with Crippen molar-refractivity contribution < 1.29 is 5.11 Å². The van der Waals surface area contributed by atoms with E-state index in [0.29, 0.717) is 6.04 Å². The van der Waals surface area contributed by atoms with E-state index in [-0.39, 0.29) is 12.1 Å². The summed E-state index contributed by atoms with van der Waals surface area (Å²) in [5, 5.41) is 15.7. The van der Waals surface area contributed by atoms with Gasteiger partial charge in [-0.15, -0.1) is 11.3 Å². The fraction of sp³-hybridized carbons (Fsp3) is 0.692. The topological polar surface area (TPSA) is 32.3 Å². The predicted molar refractivity (Wildman–Crippen MR) is 68.7 cm³/mol. The molecule has 0 spiro atoms. The van der Waals surface area contributed by atoms with Gasteiger partial charge in [-0.05, 0) is 31.2 Å². The largest absolute Gasteiger partial charge is 0.392 e. The average Bonchev–Trinajstić information content (AvgIpc) is 2.73. The van der Waals surface area contributed by atoms with E-state index >= 15 is 0 Å². The molecular formula is C13H21NOS. The molecule has 1 fully saturated rings. The molecule has 0 aromatic carbocycles. The first-order valence-electron chi connectivity index (χ1n) is 6.25. The van der Waals surface area contributed by atoms with Crippen LogP contribution in [0.5, 0.6) is 0 Å². The predicted octanol–water partition coefficient (Wildman–Crippen LogP) is 3.09. The zero-order valence-corrected chi connectivity index (χ0v) is 10.7. The van der Waals surface area contributed by atoms with Crippen LogP contribution in [0.25, 0.3) is 0 Å². The Labute approximate surface area is 102 Å². The van der Waals surface area contributed by atoms with Gasteiger partial charge in [-0.2, -0.15) is 0 Å². The van der Waals surface area contributed by atoms with E-state index in [1.165, 1.54) is 24.1 Å². The number of nitrogens with one attached hydrogen (secondary N) is 1. The number of rotatable bonds is 3. The van der Waals surface area contributed by atoms with Crippen LogP contribution in [0.3, 0.4) is 0 Å². The van der Waals surface area contributed by atoms with Crippen molar-refractivity contribution in [1.82, 2.24) is 5.32 Å². The van der Waals surface area contributed by atoms with Crippen LogP contribution in [0.4, 0.5) is 0 Å². The van der Waals surface area contributed by atoms with Gasteiger partial charge in [-0.1, -0.05) is 25.3 Å². The summed E-state index contributed by atoms with van der Waals surface area (Å²) in [4.78, 5) is 1.36. The van der Waals surface area contributed by atoms with Crippen LogP contribution in [-0.4, -0.2) is 17.3 Å². The first-order chi connectivity index (χ1) is 7.77. The molecule has 2 rings (SSSR count). The molecule has 1 aliphatic carbocycles. The molecule has 1 aliphatic rings. The van der Waals surface area contributed by atoms with Crippen molar-refractivity contribution in [2.45, 2.75) is 57.2 Å². The van der Waals surface area contributed by atoms with Crippen molar-refractivity contribution in [3.8, 4) is 0 Å². The van der Waals surface area contributed by atoms with Gasteiger partial charge in [0.05, 0.1) is 6.10 Å². The van der Waals surface area contributed by atoms with Crippen LogP contribution < -0.4 is 5.32 Å². The lowest BCUT2D eigenvalue weighted by Gasteiger charge is -2.25. The van der Waals surface area contributed by atoms with Crippen molar-refractivity contribution in [3.05, 3.63) is 22.4 Å². The number of aliphatic hydroxyl groups is 1. The Morgan fingerprint density at radius 2 is 2.19 bits per heavy atom. The molecule has 2 nitrogen and oxygen atoms in total. The third kappa shape index (κ3) is 3.06. The van der Waals surface area contributed by atoms with Crippen molar-refractivity contribution in [2.24, 2.45) is 0 Å². The van der Waals surface area contributed by atoms with Gasteiger partial charge in [0.25, 0.3) is 0 Å². The van der Waals surface area contributed by atoms with E-state index in [1.54, 1.807) is 11.3 Å². The number of hydrogen-bond acceptors (Lipinski definition) is 3. The molecule has 16 heavy (non-hydrogen) atoms. The SMILES string of the molecule is C[C@H](NC1CCCCCC1O)c1cccs1. The zero-order chi connectivity index (χ0) is 11.4. The molecule has 1 saturated carbocycles. The lowest BCUT2D eigenvalue weighted by atomic mass is 10.0. The normalized spacial score (nSPS) is 28.6. The van der Waals surface area contributed by atoms with Crippen LogP contribution in [0, 0.1) is 0 Å². The minimum absolute atomic E-state index is 0.162. The molecule has 0 amide bonds. The summed E-state index contributed by atoms with van der Waals surface area (Å²) in [5.74, 6) is 0. The Bertz CT molecular complexity index is 299. The van der Waals surface area contributed by atoms with E-state index in [9.17, 15) is 5.11 Å². The maximum atomic E-state index is 10.0. The van der Waals surface area contributed by atoms with E-state index in [2.05, 4.69) is 29.8 Å². The average molecular weight is 239 g/mol. The Morgan fingerprint density at radius 3 is 2.94 bits per heavy atom. The van der Waals surface area contributed by atoms with Gasteiger partial charge in [0.1, 0.15) is 0 Å². The summed E-state index contributed by atoms with van der Waals surface area (Å²) in [7, 11) is 0. The van der Waals surface area contributed by atoms with Crippen LogP contribution in [0.15, 0.2) is 17.5 Å². The second-order valence-corrected chi connectivity index (χ2v) is 5.69. The number of thiophene rings is 1. The number of aliphatic hydroxyl groups excluding tert-OH is 1. The first kappa shape index (κ1) is 12.1. The highest BCUT2D eigenvalue weighted by Gasteiger charge is 2.23. The van der Waals surface area contributed by atoms with Gasteiger partial charge in [-0.3, -0.25) is 0 Å². The van der Waals surface area contributed by atoms with Crippen LogP contribution >= 0.6 is 11.3 Å². The van der Waals surface area contributed by atoms with Gasteiger partial charge in [0, 0.05) is 17.0 Å². The molecule has 0 saturated heterocycles. The minimum atomic E-state index is -0.162. The molecule has 2 unspecified atom stereocenters. The van der Waals surface area contributed by atoms with Gasteiger partial charge >= 0.3 is 0 Å². The van der Waals surface area contributed by atoms with E-state index in [1.807, 2.05) is 0 Å². The minimum Gasteiger partial charge on any atom is -0.392 e. The van der Waals surface area contributed by atoms with Crippen LogP contribution in [-0.2, 0) is 0 Å². The van der Waals surface area contributed by atoms with Crippen LogP contribution in [0.2, 0.25) is 0 Å². The van der Waals surface area contributed by atoms with E-state index in [0.717, 1.165) is 12.8 Å². The third-order valence-electron chi connectivity index (χ3n) is 3.41.